The van der Waals surface area contributed by atoms with Crippen molar-refractivity contribution >= 4 is 17.3 Å². The fourth-order valence-corrected chi connectivity index (χ4v) is 2.11. The van der Waals surface area contributed by atoms with E-state index in [-0.39, 0.29) is 5.41 Å². The van der Waals surface area contributed by atoms with Crippen LogP contribution in [-0.2, 0) is 16.6 Å². The lowest BCUT2D eigenvalue weighted by Gasteiger charge is -2.14. The van der Waals surface area contributed by atoms with Gasteiger partial charge in [-0.25, -0.2) is 4.98 Å². The summed E-state index contributed by atoms with van der Waals surface area (Å²) in [6.07, 6.45) is 0.302. The fourth-order valence-electron chi connectivity index (χ4n) is 1.02. The highest BCUT2D eigenvalue weighted by Crippen LogP contribution is 2.24. The molecule has 84 valence electrons. The topological polar surface area (TPSA) is 76.2 Å². The molecule has 1 aromatic rings. The molecule has 0 radical (unpaired) electrons. The minimum Gasteiger partial charge on any atom is -0.480 e. The molecule has 0 aliphatic carbocycles. The zero-order valence-electron chi connectivity index (χ0n) is 9.15. The van der Waals surface area contributed by atoms with Gasteiger partial charge in [0, 0.05) is 17.2 Å². The zero-order chi connectivity index (χ0) is 11.6. The van der Waals surface area contributed by atoms with Crippen LogP contribution in [0.3, 0.4) is 0 Å². The lowest BCUT2D eigenvalue weighted by Crippen LogP contribution is -2.32. The first-order valence-corrected chi connectivity index (χ1v) is 5.62. The maximum absolute atomic E-state index is 10.6. The number of hydrogen-bond donors (Lipinski definition) is 2. The monoisotopic (exact) mass is 228 g/mol. The number of aromatic nitrogens is 1. The third-order valence-corrected chi connectivity index (χ3v) is 2.90. The van der Waals surface area contributed by atoms with Gasteiger partial charge in [0.25, 0.3) is 0 Å². The SMILES string of the molecule is CC(C)(C)c1csc(C[C@@H](N)C(=O)O)n1. The van der Waals surface area contributed by atoms with Gasteiger partial charge in [0.2, 0.25) is 0 Å². The summed E-state index contributed by atoms with van der Waals surface area (Å²) in [6.45, 7) is 6.22. The largest absolute Gasteiger partial charge is 0.480 e. The van der Waals surface area contributed by atoms with Gasteiger partial charge in [0.1, 0.15) is 6.04 Å². The van der Waals surface area contributed by atoms with Crippen LogP contribution in [0, 0.1) is 0 Å². The lowest BCUT2D eigenvalue weighted by atomic mass is 9.93. The van der Waals surface area contributed by atoms with E-state index < -0.39 is 12.0 Å². The van der Waals surface area contributed by atoms with E-state index >= 15 is 0 Å². The minimum atomic E-state index is -0.984. The molecule has 0 saturated carbocycles. The first-order chi connectivity index (χ1) is 6.80. The molecule has 0 aliphatic heterocycles. The molecule has 0 spiro atoms. The van der Waals surface area contributed by atoms with Gasteiger partial charge in [-0.3, -0.25) is 4.79 Å². The van der Waals surface area contributed by atoms with Gasteiger partial charge in [0.15, 0.2) is 0 Å². The Morgan fingerprint density at radius 3 is 2.67 bits per heavy atom. The second kappa shape index (κ2) is 4.28. The Labute approximate surface area is 93.1 Å². The number of hydrogen-bond acceptors (Lipinski definition) is 4. The predicted octanol–water partition coefficient (Wildman–Crippen LogP) is 1.40. The van der Waals surface area contributed by atoms with E-state index in [1.807, 2.05) is 5.38 Å². The standard InChI is InChI=1S/C10H16N2O2S/c1-10(2,3)7-5-15-8(12-7)4-6(11)9(13)14/h5-6H,4,11H2,1-3H3,(H,13,14)/t6-/m1/s1. The number of carboxylic acids is 1. The Hall–Kier alpha value is -0.940. The van der Waals surface area contributed by atoms with E-state index in [0.717, 1.165) is 10.7 Å². The van der Waals surface area contributed by atoms with Crippen molar-refractivity contribution in [2.75, 3.05) is 0 Å². The number of rotatable bonds is 3. The van der Waals surface area contributed by atoms with Crippen molar-refractivity contribution in [1.29, 1.82) is 0 Å². The normalized spacial score (nSPS) is 13.9. The summed E-state index contributed by atoms with van der Waals surface area (Å²) in [6, 6.07) is -0.857. The molecule has 0 aliphatic rings. The van der Waals surface area contributed by atoms with E-state index in [0.29, 0.717) is 6.42 Å². The lowest BCUT2D eigenvalue weighted by molar-refractivity contribution is -0.138. The Morgan fingerprint density at radius 2 is 2.27 bits per heavy atom. The average molecular weight is 228 g/mol. The highest BCUT2D eigenvalue weighted by molar-refractivity contribution is 7.09. The van der Waals surface area contributed by atoms with Crippen LogP contribution in [0.4, 0.5) is 0 Å². The zero-order valence-corrected chi connectivity index (χ0v) is 9.97. The van der Waals surface area contributed by atoms with E-state index in [4.69, 9.17) is 10.8 Å². The number of nitrogens with zero attached hydrogens (tertiary/aromatic N) is 1. The summed E-state index contributed by atoms with van der Waals surface area (Å²) in [5, 5.41) is 11.4. The van der Waals surface area contributed by atoms with Crippen LogP contribution in [0.1, 0.15) is 31.5 Å². The Kier molecular flexibility index (Phi) is 3.46. The maximum Gasteiger partial charge on any atom is 0.320 e. The molecule has 0 bridgehead atoms. The van der Waals surface area contributed by atoms with Crippen LogP contribution >= 0.6 is 11.3 Å². The molecule has 0 unspecified atom stereocenters. The summed E-state index contributed by atoms with van der Waals surface area (Å²) >= 11 is 1.47. The van der Waals surface area contributed by atoms with Gasteiger partial charge in [-0.1, -0.05) is 20.8 Å². The smallest absolute Gasteiger partial charge is 0.320 e. The molecule has 1 atom stereocenters. The minimum absolute atomic E-state index is 0.00205. The number of thiazole rings is 1. The molecule has 0 saturated heterocycles. The first kappa shape index (κ1) is 12.1. The van der Waals surface area contributed by atoms with Crippen molar-refractivity contribution in [1.82, 2.24) is 4.98 Å². The molecule has 0 aromatic carbocycles. The maximum atomic E-state index is 10.6. The second-order valence-corrected chi connectivity index (χ2v) is 5.47. The summed E-state index contributed by atoms with van der Waals surface area (Å²) in [5.74, 6) is -0.984. The molecule has 1 aromatic heterocycles. The van der Waals surface area contributed by atoms with Crippen molar-refractivity contribution in [3.63, 3.8) is 0 Å². The van der Waals surface area contributed by atoms with Crippen molar-refractivity contribution < 1.29 is 9.90 Å². The molecule has 4 nitrogen and oxygen atoms in total. The Bertz CT molecular complexity index is 355. The summed E-state index contributed by atoms with van der Waals surface area (Å²) in [7, 11) is 0. The number of aliphatic carboxylic acids is 1. The van der Waals surface area contributed by atoms with Gasteiger partial charge in [-0.15, -0.1) is 11.3 Å². The van der Waals surface area contributed by atoms with Crippen LogP contribution < -0.4 is 5.73 Å². The van der Waals surface area contributed by atoms with Crippen molar-refractivity contribution in [2.24, 2.45) is 5.73 Å². The van der Waals surface area contributed by atoms with E-state index in [1.165, 1.54) is 11.3 Å². The first-order valence-electron chi connectivity index (χ1n) is 4.74. The number of carboxylic acid groups (broad SMARTS) is 1. The molecular weight excluding hydrogens is 212 g/mol. The molecule has 1 rings (SSSR count). The molecule has 3 N–H and O–H groups in total. The third kappa shape index (κ3) is 3.28. The second-order valence-electron chi connectivity index (χ2n) is 4.53. The summed E-state index contributed by atoms with van der Waals surface area (Å²) in [5.41, 5.74) is 6.42. The molecule has 1 heterocycles. The van der Waals surface area contributed by atoms with E-state index in [1.54, 1.807) is 0 Å². The van der Waals surface area contributed by atoms with Crippen LogP contribution in [-0.4, -0.2) is 22.1 Å². The highest BCUT2D eigenvalue weighted by Gasteiger charge is 2.19. The van der Waals surface area contributed by atoms with Gasteiger partial charge < -0.3 is 10.8 Å². The summed E-state index contributed by atoms with van der Waals surface area (Å²) < 4.78 is 0. The van der Waals surface area contributed by atoms with Crippen molar-refractivity contribution in [2.45, 2.75) is 38.6 Å². The summed E-state index contributed by atoms with van der Waals surface area (Å²) in [4.78, 5) is 14.9. The van der Waals surface area contributed by atoms with Crippen molar-refractivity contribution in [3.8, 4) is 0 Å². The highest BCUT2D eigenvalue weighted by atomic mass is 32.1. The Balaban J connectivity index is 2.73. The van der Waals surface area contributed by atoms with E-state index in [9.17, 15) is 4.79 Å². The third-order valence-electron chi connectivity index (χ3n) is 2.03. The predicted molar refractivity (Wildman–Crippen MR) is 60.1 cm³/mol. The van der Waals surface area contributed by atoms with Crippen LogP contribution in [0.2, 0.25) is 0 Å². The van der Waals surface area contributed by atoms with Crippen LogP contribution in [0.5, 0.6) is 0 Å². The molecule has 15 heavy (non-hydrogen) atoms. The number of nitrogens with two attached hydrogens (primary N) is 1. The molecule has 0 fully saturated rings. The van der Waals surface area contributed by atoms with Gasteiger partial charge in [0.05, 0.1) is 10.7 Å². The fraction of sp³-hybridized carbons (Fsp3) is 0.600. The van der Waals surface area contributed by atoms with Gasteiger partial charge >= 0.3 is 5.97 Å². The van der Waals surface area contributed by atoms with Gasteiger partial charge in [-0.05, 0) is 0 Å². The van der Waals surface area contributed by atoms with Crippen LogP contribution in [0.15, 0.2) is 5.38 Å². The van der Waals surface area contributed by atoms with Crippen molar-refractivity contribution in [3.05, 3.63) is 16.1 Å². The molecule has 0 amide bonds. The molecule has 5 heteroatoms. The number of carbonyl (C=O) groups is 1. The average Bonchev–Trinajstić information content (AvgIpc) is 2.51. The van der Waals surface area contributed by atoms with Gasteiger partial charge in [-0.2, -0.15) is 0 Å². The molecular formula is C10H16N2O2S. The Morgan fingerprint density at radius 1 is 1.67 bits per heavy atom. The quantitative estimate of drug-likeness (QED) is 0.819. The van der Waals surface area contributed by atoms with E-state index in [2.05, 4.69) is 25.8 Å². The van der Waals surface area contributed by atoms with Crippen LogP contribution in [0.25, 0.3) is 0 Å².